The van der Waals surface area contributed by atoms with Crippen LogP contribution in [0.3, 0.4) is 0 Å². The second-order valence-corrected chi connectivity index (χ2v) is 9.40. The largest absolute Gasteiger partial charge is 0.378 e. The summed E-state index contributed by atoms with van der Waals surface area (Å²) in [4.78, 5) is 12.4. The number of morpholine rings is 1. The van der Waals surface area contributed by atoms with Crippen LogP contribution >= 0.6 is 12.4 Å². The Balaban J connectivity index is 0.00000280. The van der Waals surface area contributed by atoms with Gasteiger partial charge in [0.2, 0.25) is 15.9 Å². The van der Waals surface area contributed by atoms with Crippen molar-refractivity contribution in [2.24, 2.45) is 5.92 Å². The molecule has 2 aliphatic rings. The number of carbonyl (C=O) groups is 1. The van der Waals surface area contributed by atoms with Crippen molar-refractivity contribution in [3.63, 3.8) is 0 Å². The van der Waals surface area contributed by atoms with Gasteiger partial charge in [0, 0.05) is 38.6 Å². The molecule has 1 amide bonds. The minimum atomic E-state index is -3.44. The van der Waals surface area contributed by atoms with Gasteiger partial charge in [-0.1, -0.05) is 19.1 Å². The number of hydrogen-bond acceptors (Lipinski definition) is 5. The first-order chi connectivity index (χ1) is 12.9. The van der Waals surface area contributed by atoms with Gasteiger partial charge in [-0.25, -0.2) is 8.42 Å². The van der Waals surface area contributed by atoms with Gasteiger partial charge in [-0.2, -0.15) is 4.31 Å². The molecule has 0 spiro atoms. The number of hydrogen-bond donors (Lipinski definition) is 2. The fourth-order valence-corrected chi connectivity index (χ4v) is 5.14. The van der Waals surface area contributed by atoms with Crippen molar-refractivity contribution < 1.29 is 17.9 Å². The number of nitrogens with zero attached hydrogens (tertiary/aromatic N) is 1. The molecule has 1 aromatic carbocycles. The van der Waals surface area contributed by atoms with Crippen LogP contribution < -0.4 is 10.6 Å². The Labute approximate surface area is 173 Å². The van der Waals surface area contributed by atoms with Crippen LogP contribution in [0.5, 0.6) is 0 Å². The monoisotopic (exact) mass is 431 g/mol. The van der Waals surface area contributed by atoms with Crippen molar-refractivity contribution in [1.82, 2.24) is 14.9 Å². The van der Waals surface area contributed by atoms with Crippen molar-refractivity contribution >= 4 is 28.3 Å². The third-order valence-electron chi connectivity index (χ3n) is 5.10. The molecular formula is C19H30ClN3O4S. The zero-order chi connectivity index (χ0) is 19.3. The van der Waals surface area contributed by atoms with E-state index in [0.717, 1.165) is 24.9 Å². The Hall–Kier alpha value is -1.19. The molecule has 0 bridgehead atoms. The van der Waals surface area contributed by atoms with Crippen LogP contribution in [0.25, 0.3) is 0 Å². The average Bonchev–Trinajstić information content (AvgIpc) is 2.67. The first-order valence-electron chi connectivity index (χ1n) is 9.62. The Morgan fingerprint density at radius 1 is 1.32 bits per heavy atom. The second-order valence-electron chi connectivity index (χ2n) is 7.46. The quantitative estimate of drug-likeness (QED) is 0.713. The number of sulfonamides is 1. The van der Waals surface area contributed by atoms with E-state index in [2.05, 4.69) is 17.6 Å². The van der Waals surface area contributed by atoms with Crippen LogP contribution in [-0.2, 0) is 26.1 Å². The molecule has 7 nitrogen and oxygen atoms in total. The molecule has 1 aromatic rings. The molecule has 2 N–H and O–H groups in total. The summed E-state index contributed by atoms with van der Waals surface area (Å²) in [6.45, 7) is 5.64. The number of halogens is 1. The predicted molar refractivity (Wildman–Crippen MR) is 110 cm³/mol. The Bertz CT molecular complexity index is 736. The third-order valence-corrected chi connectivity index (χ3v) is 6.98. The number of rotatable bonds is 6. The maximum Gasteiger partial charge on any atom is 0.243 e. The van der Waals surface area contributed by atoms with Gasteiger partial charge in [0.25, 0.3) is 0 Å². The van der Waals surface area contributed by atoms with Gasteiger partial charge >= 0.3 is 0 Å². The van der Waals surface area contributed by atoms with Crippen molar-refractivity contribution in [3.05, 3.63) is 29.8 Å². The number of amides is 1. The van der Waals surface area contributed by atoms with Gasteiger partial charge in [0.05, 0.1) is 18.1 Å². The maximum absolute atomic E-state index is 12.8. The molecule has 0 aliphatic carbocycles. The van der Waals surface area contributed by atoms with E-state index in [1.807, 2.05) is 0 Å². The molecule has 2 heterocycles. The lowest BCUT2D eigenvalue weighted by Gasteiger charge is -2.30. The van der Waals surface area contributed by atoms with Crippen LogP contribution in [-0.4, -0.2) is 57.5 Å². The molecule has 9 heteroatoms. The van der Waals surface area contributed by atoms with E-state index in [1.165, 1.54) is 0 Å². The fraction of sp³-hybridized carbons (Fsp3) is 0.632. The molecule has 2 saturated heterocycles. The summed E-state index contributed by atoms with van der Waals surface area (Å²) in [6, 6.07) is 6.85. The zero-order valence-electron chi connectivity index (χ0n) is 16.2. The van der Waals surface area contributed by atoms with Crippen molar-refractivity contribution in [2.45, 2.75) is 43.7 Å². The summed E-state index contributed by atoms with van der Waals surface area (Å²) in [5, 5.41) is 6.13. The standard InChI is InChI=1S/C19H29N3O4S.ClH/c1-15-3-2-9-22(13-15)27(24,25)18-6-4-16(5-7-18)12-21-19(23)11-17-14-26-10-8-20-17;/h4-7,15,17,20H,2-3,8-14H2,1H3,(H,21,23);1H. The van der Waals surface area contributed by atoms with E-state index < -0.39 is 10.0 Å². The minimum absolute atomic E-state index is 0. The summed E-state index contributed by atoms with van der Waals surface area (Å²) in [6.07, 6.45) is 2.36. The lowest BCUT2D eigenvalue weighted by molar-refractivity contribution is -0.122. The lowest BCUT2D eigenvalue weighted by atomic mass is 10.0. The van der Waals surface area contributed by atoms with Crippen LogP contribution in [0, 0.1) is 5.92 Å². The molecule has 2 fully saturated rings. The SMILES string of the molecule is CC1CCCN(S(=O)(=O)c2ccc(CNC(=O)CC3COCCN3)cc2)C1.Cl. The highest BCUT2D eigenvalue weighted by Crippen LogP contribution is 2.23. The Kier molecular flexibility index (Phi) is 8.70. The molecule has 2 atom stereocenters. The van der Waals surface area contributed by atoms with Crippen molar-refractivity contribution in [3.8, 4) is 0 Å². The maximum atomic E-state index is 12.8. The van der Waals surface area contributed by atoms with Gasteiger partial charge < -0.3 is 15.4 Å². The van der Waals surface area contributed by atoms with E-state index in [1.54, 1.807) is 28.6 Å². The van der Waals surface area contributed by atoms with Crippen molar-refractivity contribution in [1.29, 1.82) is 0 Å². The number of ether oxygens (including phenoxy) is 1. The lowest BCUT2D eigenvalue weighted by Crippen LogP contribution is -2.44. The first kappa shape index (κ1) is 23.1. The Morgan fingerprint density at radius 3 is 2.71 bits per heavy atom. The third kappa shape index (κ3) is 6.15. The van der Waals surface area contributed by atoms with Gasteiger partial charge in [-0.3, -0.25) is 4.79 Å². The van der Waals surface area contributed by atoms with E-state index in [9.17, 15) is 13.2 Å². The smallest absolute Gasteiger partial charge is 0.243 e. The number of benzene rings is 1. The summed E-state index contributed by atoms with van der Waals surface area (Å²) >= 11 is 0. The van der Waals surface area contributed by atoms with Crippen LogP contribution in [0.15, 0.2) is 29.2 Å². The number of carbonyl (C=O) groups excluding carboxylic acids is 1. The van der Waals surface area contributed by atoms with Crippen LogP contribution in [0.2, 0.25) is 0 Å². The van der Waals surface area contributed by atoms with Gasteiger partial charge in [0.15, 0.2) is 0 Å². The molecule has 2 unspecified atom stereocenters. The molecule has 158 valence electrons. The first-order valence-corrected chi connectivity index (χ1v) is 11.1. The van der Waals surface area contributed by atoms with Gasteiger partial charge in [-0.05, 0) is 36.5 Å². The summed E-state index contributed by atoms with van der Waals surface area (Å²) in [5.41, 5.74) is 0.877. The summed E-state index contributed by atoms with van der Waals surface area (Å²) < 4.78 is 32.5. The average molecular weight is 432 g/mol. The van der Waals surface area contributed by atoms with E-state index in [0.29, 0.717) is 50.1 Å². The van der Waals surface area contributed by atoms with Gasteiger partial charge in [0.1, 0.15) is 0 Å². The minimum Gasteiger partial charge on any atom is -0.378 e. The number of piperidine rings is 1. The highest BCUT2D eigenvalue weighted by molar-refractivity contribution is 7.89. The molecule has 3 rings (SSSR count). The van der Waals surface area contributed by atoms with Crippen LogP contribution in [0.4, 0.5) is 0 Å². The van der Waals surface area contributed by atoms with Crippen molar-refractivity contribution in [2.75, 3.05) is 32.8 Å². The normalized spacial score (nSPS) is 23.6. The highest BCUT2D eigenvalue weighted by atomic mass is 35.5. The number of nitrogens with one attached hydrogen (secondary N) is 2. The highest BCUT2D eigenvalue weighted by Gasteiger charge is 2.28. The fourth-order valence-electron chi connectivity index (χ4n) is 3.54. The van der Waals surface area contributed by atoms with Crippen LogP contribution in [0.1, 0.15) is 31.7 Å². The second kappa shape index (κ2) is 10.5. The topological polar surface area (TPSA) is 87.7 Å². The van der Waals surface area contributed by atoms with Gasteiger partial charge in [-0.15, -0.1) is 12.4 Å². The molecule has 0 radical (unpaired) electrons. The zero-order valence-corrected chi connectivity index (χ0v) is 17.9. The summed E-state index contributed by atoms with van der Waals surface area (Å²) in [7, 11) is -3.44. The molecule has 2 aliphatic heterocycles. The summed E-state index contributed by atoms with van der Waals surface area (Å²) in [5.74, 6) is 0.351. The van der Waals surface area contributed by atoms with E-state index >= 15 is 0 Å². The molecule has 0 aromatic heterocycles. The van der Waals surface area contributed by atoms with E-state index in [4.69, 9.17) is 4.74 Å². The predicted octanol–water partition coefficient (Wildman–Crippen LogP) is 1.52. The molecular weight excluding hydrogens is 402 g/mol. The molecule has 28 heavy (non-hydrogen) atoms. The molecule has 0 saturated carbocycles. The van der Waals surface area contributed by atoms with E-state index in [-0.39, 0.29) is 24.4 Å². The Morgan fingerprint density at radius 2 is 2.07 bits per heavy atom.